The average Bonchev–Trinajstić information content (AvgIpc) is 3.07. The lowest BCUT2D eigenvalue weighted by Gasteiger charge is -2.18. The molecular weight excluding hydrogens is 391 g/mol. The van der Waals surface area contributed by atoms with Crippen molar-refractivity contribution in [2.24, 2.45) is 0 Å². The summed E-state index contributed by atoms with van der Waals surface area (Å²) in [5, 5.41) is 0. The van der Waals surface area contributed by atoms with E-state index >= 15 is 0 Å². The SMILES string of the molecule is C#CCN(Cc1ccc(F)cc1)C(=O)/C=C/c1ccc(N2CCCS2(=O)=O)cc1. The van der Waals surface area contributed by atoms with Crippen LogP contribution >= 0.6 is 0 Å². The highest BCUT2D eigenvalue weighted by molar-refractivity contribution is 7.93. The van der Waals surface area contributed by atoms with Crippen LogP contribution in [0.1, 0.15) is 17.5 Å². The number of hydrogen-bond donors (Lipinski definition) is 0. The Kier molecular flexibility index (Phi) is 6.35. The van der Waals surface area contributed by atoms with Crippen LogP contribution in [0.25, 0.3) is 6.08 Å². The van der Waals surface area contributed by atoms with E-state index < -0.39 is 10.0 Å². The fraction of sp³-hybridized carbons (Fsp3) is 0.227. The Labute approximate surface area is 170 Å². The van der Waals surface area contributed by atoms with Crippen molar-refractivity contribution in [1.29, 1.82) is 0 Å². The molecule has 0 saturated carbocycles. The number of nitrogens with zero attached hydrogens (tertiary/aromatic N) is 2. The first-order chi connectivity index (χ1) is 13.9. The lowest BCUT2D eigenvalue weighted by molar-refractivity contribution is -0.125. The first kappa shape index (κ1) is 20.6. The Bertz CT molecular complexity index is 1040. The fourth-order valence-corrected chi connectivity index (χ4v) is 4.65. The van der Waals surface area contributed by atoms with Gasteiger partial charge in [0.15, 0.2) is 0 Å². The summed E-state index contributed by atoms with van der Waals surface area (Å²) in [5.74, 6) is 2.02. The quantitative estimate of drug-likeness (QED) is 0.541. The van der Waals surface area contributed by atoms with Gasteiger partial charge in [-0.1, -0.05) is 30.2 Å². The van der Waals surface area contributed by atoms with Gasteiger partial charge in [-0.3, -0.25) is 9.10 Å². The van der Waals surface area contributed by atoms with E-state index in [1.54, 1.807) is 42.5 Å². The molecule has 0 unspecified atom stereocenters. The summed E-state index contributed by atoms with van der Waals surface area (Å²) in [4.78, 5) is 14.0. The van der Waals surface area contributed by atoms with Crippen molar-refractivity contribution in [3.8, 4) is 12.3 Å². The fourth-order valence-electron chi connectivity index (χ4n) is 3.09. The largest absolute Gasteiger partial charge is 0.324 e. The van der Waals surface area contributed by atoms with Gasteiger partial charge in [0.1, 0.15) is 5.82 Å². The van der Waals surface area contributed by atoms with Gasteiger partial charge in [-0.2, -0.15) is 0 Å². The Balaban J connectivity index is 1.67. The van der Waals surface area contributed by atoms with E-state index in [2.05, 4.69) is 5.92 Å². The second kappa shape index (κ2) is 8.93. The molecule has 1 heterocycles. The summed E-state index contributed by atoms with van der Waals surface area (Å²) in [7, 11) is -3.22. The molecule has 1 fully saturated rings. The van der Waals surface area contributed by atoms with Crippen molar-refractivity contribution < 1.29 is 17.6 Å². The van der Waals surface area contributed by atoms with Gasteiger partial charge in [0.05, 0.1) is 18.0 Å². The topological polar surface area (TPSA) is 57.7 Å². The van der Waals surface area contributed by atoms with Crippen LogP contribution in [-0.4, -0.2) is 38.1 Å². The van der Waals surface area contributed by atoms with E-state index in [-0.39, 0.29) is 30.6 Å². The molecule has 0 bridgehead atoms. The smallest absolute Gasteiger partial charge is 0.247 e. The number of benzene rings is 2. The molecule has 1 amide bonds. The molecule has 0 N–H and O–H groups in total. The van der Waals surface area contributed by atoms with Crippen molar-refractivity contribution in [2.45, 2.75) is 13.0 Å². The summed E-state index contributed by atoms with van der Waals surface area (Å²) < 4.78 is 38.4. The first-order valence-corrected chi connectivity index (χ1v) is 10.8. The number of anilines is 1. The first-order valence-electron chi connectivity index (χ1n) is 9.14. The summed E-state index contributed by atoms with van der Waals surface area (Å²) in [6, 6.07) is 12.9. The van der Waals surface area contributed by atoms with Crippen LogP contribution in [-0.2, 0) is 21.4 Å². The molecule has 29 heavy (non-hydrogen) atoms. The highest BCUT2D eigenvalue weighted by Gasteiger charge is 2.28. The van der Waals surface area contributed by atoms with Gasteiger partial charge < -0.3 is 4.90 Å². The van der Waals surface area contributed by atoms with Gasteiger partial charge >= 0.3 is 0 Å². The number of amides is 1. The zero-order valence-electron chi connectivity index (χ0n) is 15.8. The Morgan fingerprint density at radius 2 is 1.86 bits per heavy atom. The predicted octanol–water partition coefficient (Wildman–Crippen LogP) is 3.04. The second-order valence-electron chi connectivity index (χ2n) is 6.69. The molecule has 7 heteroatoms. The number of rotatable bonds is 6. The van der Waals surface area contributed by atoms with E-state index in [0.717, 1.165) is 11.1 Å². The maximum Gasteiger partial charge on any atom is 0.247 e. The zero-order valence-corrected chi connectivity index (χ0v) is 16.6. The monoisotopic (exact) mass is 412 g/mol. The number of carbonyl (C=O) groups excluding carboxylic acids is 1. The minimum atomic E-state index is -3.22. The van der Waals surface area contributed by atoms with Crippen LogP contribution in [0.3, 0.4) is 0 Å². The standard InChI is InChI=1S/C22H21FN2O3S/c1-2-14-24(17-19-4-9-20(23)10-5-19)22(26)13-8-18-6-11-21(12-7-18)25-15-3-16-29(25,27)28/h1,4-13H,3,14-17H2/b13-8+. The molecule has 2 aromatic rings. The highest BCUT2D eigenvalue weighted by atomic mass is 32.2. The Hall–Kier alpha value is -3.11. The van der Waals surface area contributed by atoms with Crippen molar-refractivity contribution in [3.63, 3.8) is 0 Å². The lowest BCUT2D eigenvalue weighted by Crippen LogP contribution is -2.29. The van der Waals surface area contributed by atoms with E-state index in [0.29, 0.717) is 18.7 Å². The molecule has 1 saturated heterocycles. The molecular formula is C22H21FN2O3S. The molecule has 2 aromatic carbocycles. The third kappa shape index (κ3) is 5.24. The number of halogens is 1. The van der Waals surface area contributed by atoms with Crippen LogP contribution in [0.5, 0.6) is 0 Å². The molecule has 0 atom stereocenters. The van der Waals surface area contributed by atoms with E-state index in [9.17, 15) is 17.6 Å². The maximum absolute atomic E-state index is 13.0. The molecule has 150 valence electrons. The van der Waals surface area contributed by atoms with E-state index in [1.807, 2.05) is 0 Å². The van der Waals surface area contributed by atoms with Crippen molar-refractivity contribution in [1.82, 2.24) is 4.90 Å². The van der Waals surface area contributed by atoms with Gasteiger partial charge in [0, 0.05) is 19.2 Å². The van der Waals surface area contributed by atoms with E-state index in [1.165, 1.54) is 27.4 Å². The predicted molar refractivity (Wildman–Crippen MR) is 112 cm³/mol. The zero-order chi connectivity index (χ0) is 20.9. The summed E-state index contributed by atoms with van der Waals surface area (Å²) in [5.41, 5.74) is 2.16. The number of carbonyl (C=O) groups is 1. The van der Waals surface area contributed by atoms with Gasteiger partial charge in [-0.05, 0) is 47.9 Å². The van der Waals surface area contributed by atoms with Gasteiger partial charge in [0.25, 0.3) is 0 Å². The normalized spacial score (nSPS) is 15.4. The Morgan fingerprint density at radius 1 is 1.17 bits per heavy atom. The second-order valence-corrected chi connectivity index (χ2v) is 8.70. The molecule has 3 rings (SSSR count). The number of sulfonamides is 1. The third-order valence-corrected chi connectivity index (χ3v) is 6.45. The van der Waals surface area contributed by atoms with Crippen LogP contribution in [0.4, 0.5) is 10.1 Å². The number of hydrogen-bond acceptors (Lipinski definition) is 3. The molecule has 0 aromatic heterocycles. The van der Waals surface area contributed by atoms with Gasteiger partial charge in [-0.25, -0.2) is 12.8 Å². The molecule has 0 aliphatic carbocycles. The minimum Gasteiger partial charge on any atom is -0.324 e. The molecule has 0 spiro atoms. The molecule has 1 aliphatic heterocycles. The Morgan fingerprint density at radius 3 is 2.45 bits per heavy atom. The summed E-state index contributed by atoms with van der Waals surface area (Å²) >= 11 is 0. The van der Waals surface area contributed by atoms with Crippen LogP contribution in [0.2, 0.25) is 0 Å². The van der Waals surface area contributed by atoms with Crippen LogP contribution < -0.4 is 4.31 Å². The molecule has 0 radical (unpaired) electrons. The van der Waals surface area contributed by atoms with Crippen LogP contribution in [0.15, 0.2) is 54.6 Å². The third-order valence-electron chi connectivity index (χ3n) is 4.58. The van der Waals surface area contributed by atoms with Gasteiger partial charge in [0.2, 0.25) is 15.9 Å². The maximum atomic E-state index is 13.0. The summed E-state index contributed by atoms with van der Waals surface area (Å²) in [6.07, 6.45) is 9.06. The van der Waals surface area contributed by atoms with Crippen molar-refractivity contribution in [3.05, 3.63) is 71.6 Å². The summed E-state index contributed by atoms with van der Waals surface area (Å²) in [6.45, 7) is 0.895. The lowest BCUT2D eigenvalue weighted by atomic mass is 10.1. The van der Waals surface area contributed by atoms with Crippen molar-refractivity contribution >= 4 is 27.7 Å². The number of terminal acetylenes is 1. The molecule has 1 aliphatic rings. The van der Waals surface area contributed by atoms with Crippen LogP contribution in [0, 0.1) is 18.2 Å². The van der Waals surface area contributed by atoms with Crippen molar-refractivity contribution in [2.75, 3.05) is 23.1 Å². The average molecular weight is 412 g/mol. The highest BCUT2D eigenvalue weighted by Crippen LogP contribution is 2.24. The van der Waals surface area contributed by atoms with Gasteiger partial charge in [-0.15, -0.1) is 6.42 Å². The minimum absolute atomic E-state index is 0.131. The molecule has 5 nitrogen and oxygen atoms in total. The van der Waals surface area contributed by atoms with E-state index in [4.69, 9.17) is 6.42 Å².